The van der Waals surface area contributed by atoms with E-state index in [-0.39, 0.29) is 0 Å². The second kappa shape index (κ2) is 9.23. The van der Waals surface area contributed by atoms with Crippen LogP contribution in [-0.4, -0.2) is 12.8 Å². The lowest BCUT2D eigenvalue weighted by Crippen LogP contribution is -2.03. The fraction of sp³-hybridized carbons (Fsp3) is 0.923. The number of nitrogens with zero attached hydrogens (tertiary/aromatic N) is 1. The van der Waals surface area contributed by atoms with Gasteiger partial charge in [-0.15, -0.1) is 0 Å². The lowest BCUT2D eigenvalue weighted by Gasteiger charge is -2.11. The third-order valence-corrected chi connectivity index (χ3v) is 2.72. The van der Waals surface area contributed by atoms with Crippen LogP contribution in [0.15, 0.2) is 4.99 Å². The monoisotopic (exact) mass is 197 g/mol. The fourth-order valence-electron chi connectivity index (χ4n) is 1.70. The summed E-state index contributed by atoms with van der Waals surface area (Å²) in [7, 11) is 0. The lowest BCUT2D eigenvalue weighted by atomic mass is 10.0. The molecule has 1 unspecified atom stereocenters. The molecule has 0 aliphatic heterocycles. The molecule has 0 amide bonds. The Morgan fingerprint density at radius 2 is 1.57 bits per heavy atom. The highest BCUT2D eigenvalue weighted by atomic mass is 14.7. The van der Waals surface area contributed by atoms with Crippen LogP contribution in [0.4, 0.5) is 0 Å². The molecule has 0 bridgehead atoms. The van der Waals surface area contributed by atoms with E-state index in [0.717, 1.165) is 5.92 Å². The van der Waals surface area contributed by atoms with Gasteiger partial charge >= 0.3 is 0 Å². The summed E-state index contributed by atoms with van der Waals surface area (Å²) in [5.41, 5.74) is 0. The highest BCUT2D eigenvalue weighted by molar-refractivity contribution is 5.24. The molecule has 0 N–H and O–H groups in total. The SMILES string of the molecule is C=NC(CCCC)CCCCC(C)C. The van der Waals surface area contributed by atoms with E-state index in [1.54, 1.807) is 0 Å². The second-order valence-electron chi connectivity index (χ2n) is 4.66. The smallest absolute Gasteiger partial charge is 0.0492 e. The first-order chi connectivity index (χ1) is 6.70. The lowest BCUT2D eigenvalue weighted by molar-refractivity contribution is 0.479. The van der Waals surface area contributed by atoms with Gasteiger partial charge in [-0.3, -0.25) is 4.99 Å². The Morgan fingerprint density at radius 3 is 2.07 bits per heavy atom. The highest BCUT2D eigenvalue weighted by Gasteiger charge is 2.04. The summed E-state index contributed by atoms with van der Waals surface area (Å²) in [6.45, 7) is 10.5. The molecule has 0 aromatic rings. The van der Waals surface area contributed by atoms with Crippen LogP contribution >= 0.6 is 0 Å². The van der Waals surface area contributed by atoms with Gasteiger partial charge in [0.25, 0.3) is 0 Å². The number of hydrogen-bond acceptors (Lipinski definition) is 1. The predicted octanol–water partition coefficient (Wildman–Crippen LogP) is 4.46. The third kappa shape index (κ3) is 8.28. The molecule has 0 radical (unpaired) electrons. The Hall–Kier alpha value is -0.330. The summed E-state index contributed by atoms with van der Waals surface area (Å²) in [4.78, 5) is 4.19. The summed E-state index contributed by atoms with van der Waals surface area (Å²) < 4.78 is 0. The van der Waals surface area contributed by atoms with E-state index >= 15 is 0 Å². The first kappa shape index (κ1) is 13.7. The summed E-state index contributed by atoms with van der Waals surface area (Å²) in [6, 6.07) is 0.530. The van der Waals surface area contributed by atoms with E-state index in [0.29, 0.717) is 6.04 Å². The topological polar surface area (TPSA) is 12.4 Å². The number of aliphatic imine (C=N–C) groups is 1. The molecule has 0 aromatic carbocycles. The Morgan fingerprint density at radius 1 is 1.00 bits per heavy atom. The molecule has 14 heavy (non-hydrogen) atoms. The zero-order valence-electron chi connectivity index (χ0n) is 10.3. The van der Waals surface area contributed by atoms with Crippen molar-refractivity contribution in [1.29, 1.82) is 0 Å². The van der Waals surface area contributed by atoms with Crippen molar-refractivity contribution in [3.8, 4) is 0 Å². The van der Waals surface area contributed by atoms with Crippen molar-refractivity contribution in [2.24, 2.45) is 10.9 Å². The molecule has 0 spiro atoms. The molecule has 84 valence electrons. The van der Waals surface area contributed by atoms with E-state index in [2.05, 4.69) is 32.5 Å². The van der Waals surface area contributed by atoms with Gasteiger partial charge in [0.1, 0.15) is 0 Å². The minimum absolute atomic E-state index is 0.530. The van der Waals surface area contributed by atoms with Gasteiger partial charge in [0.15, 0.2) is 0 Å². The second-order valence-corrected chi connectivity index (χ2v) is 4.66. The highest BCUT2D eigenvalue weighted by Crippen LogP contribution is 2.14. The van der Waals surface area contributed by atoms with Crippen LogP contribution in [0.2, 0.25) is 0 Å². The van der Waals surface area contributed by atoms with E-state index in [1.165, 1.54) is 44.9 Å². The first-order valence-corrected chi connectivity index (χ1v) is 6.16. The van der Waals surface area contributed by atoms with Gasteiger partial charge < -0.3 is 0 Å². The molecule has 0 saturated heterocycles. The maximum Gasteiger partial charge on any atom is 0.0492 e. The maximum atomic E-state index is 4.19. The Balaban J connectivity index is 3.37. The van der Waals surface area contributed by atoms with Gasteiger partial charge in [-0.05, 0) is 25.5 Å². The van der Waals surface area contributed by atoms with Crippen LogP contribution in [0.25, 0.3) is 0 Å². The zero-order chi connectivity index (χ0) is 10.8. The molecule has 0 saturated carbocycles. The van der Waals surface area contributed by atoms with Crippen LogP contribution in [0.1, 0.15) is 65.7 Å². The van der Waals surface area contributed by atoms with E-state index in [1.807, 2.05) is 0 Å². The third-order valence-electron chi connectivity index (χ3n) is 2.72. The molecule has 0 aromatic heterocycles. The maximum absolute atomic E-state index is 4.19. The standard InChI is InChI=1S/C13H27N/c1-5-6-10-13(14-4)11-8-7-9-12(2)3/h12-13H,4-11H2,1-3H3. The van der Waals surface area contributed by atoms with Gasteiger partial charge in [-0.2, -0.15) is 0 Å². The Bertz CT molecular complexity index is 129. The molecule has 0 rings (SSSR count). The molecule has 0 heterocycles. The minimum atomic E-state index is 0.530. The van der Waals surface area contributed by atoms with E-state index < -0.39 is 0 Å². The van der Waals surface area contributed by atoms with E-state index in [9.17, 15) is 0 Å². The van der Waals surface area contributed by atoms with Gasteiger partial charge in [0, 0.05) is 6.04 Å². The molecule has 1 heteroatoms. The zero-order valence-corrected chi connectivity index (χ0v) is 10.3. The number of hydrogen-bond donors (Lipinski definition) is 0. The average Bonchev–Trinajstić information content (AvgIpc) is 2.16. The van der Waals surface area contributed by atoms with Crippen molar-refractivity contribution >= 4 is 6.72 Å². The largest absolute Gasteiger partial charge is 0.298 e. The van der Waals surface area contributed by atoms with Crippen molar-refractivity contribution in [2.45, 2.75) is 71.8 Å². The molecule has 0 aliphatic carbocycles. The van der Waals surface area contributed by atoms with Gasteiger partial charge in [-0.25, -0.2) is 0 Å². The van der Waals surface area contributed by atoms with Crippen LogP contribution in [0.3, 0.4) is 0 Å². The van der Waals surface area contributed by atoms with Crippen LogP contribution in [-0.2, 0) is 0 Å². The molecule has 0 aliphatic rings. The summed E-state index contributed by atoms with van der Waals surface area (Å²) >= 11 is 0. The molecule has 0 fully saturated rings. The number of rotatable bonds is 9. The van der Waals surface area contributed by atoms with Crippen LogP contribution in [0, 0.1) is 5.92 Å². The predicted molar refractivity (Wildman–Crippen MR) is 66.2 cm³/mol. The molecule has 1 nitrogen and oxygen atoms in total. The van der Waals surface area contributed by atoms with Crippen molar-refractivity contribution in [3.63, 3.8) is 0 Å². The van der Waals surface area contributed by atoms with Crippen molar-refractivity contribution in [2.75, 3.05) is 0 Å². The summed E-state index contributed by atoms with van der Waals surface area (Å²) in [5.74, 6) is 0.848. The summed E-state index contributed by atoms with van der Waals surface area (Å²) in [5, 5.41) is 0. The van der Waals surface area contributed by atoms with Gasteiger partial charge in [0.05, 0.1) is 0 Å². The molecule has 1 atom stereocenters. The number of unbranched alkanes of at least 4 members (excludes halogenated alkanes) is 2. The van der Waals surface area contributed by atoms with Gasteiger partial charge in [-0.1, -0.05) is 52.9 Å². The first-order valence-electron chi connectivity index (χ1n) is 6.16. The summed E-state index contributed by atoms with van der Waals surface area (Å²) in [6.07, 6.45) is 9.10. The van der Waals surface area contributed by atoms with Crippen LogP contribution < -0.4 is 0 Å². The average molecular weight is 197 g/mol. The fourth-order valence-corrected chi connectivity index (χ4v) is 1.70. The Kier molecular flexibility index (Phi) is 9.02. The van der Waals surface area contributed by atoms with Crippen molar-refractivity contribution in [3.05, 3.63) is 0 Å². The quantitative estimate of drug-likeness (QED) is 0.382. The Labute approximate surface area is 90.0 Å². The normalized spacial score (nSPS) is 13.1. The molecular formula is C13H27N. The van der Waals surface area contributed by atoms with Crippen molar-refractivity contribution in [1.82, 2.24) is 0 Å². The van der Waals surface area contributed by atoms with E-state index in [4.69, 9.17) is 0 Å². The minimum Gasteiger partial charge on any atom is -0.298 e. The van der Waals surface area contributed by atoms with Crippen molar-refractivity contribution < 1.29 is 0 Å². The molecular weight excluding hydrogens is 170 g/mol. The van der Waals surface area contributed by atoms with Gasteiger partial charge in [0.2, 0.25) is 0 Å². The van der Waals surface area contributed by atoms with Crippen LogP contribution in [0.5, 0.6) is 0 Å².